The normalized spacial score (nSPS) is 14.5. The molecule has 0 aliphatic carbocycles. The molecule has 2 aromatic carbocycles. The van der Waals surface area contributed by atoms with Gasteiger partial charge in [0.2, 0.25) is 5.91 Å². The summed E-state index contributed by atoms with van der Waals surface area (Å²) in [5.74, 6) is 0.0880. The first-order valence-corrected chi connectivity index (χ1v) is 10.3. The average molecular weight is 442 g/mol. The van der Waals surface area contributed by atoms with E-state index in [1.807, 2.05) is 17.0 Å². The molecule has 0 atom stereocenters. The van der Waals surface area contributed by atoms with E-state index in [4.69, 9.17) is 16.0 Å². The molecular formula is C23H21ClFN3O3. The molecule has 31 heavy (non-hydrogen) atoms. The molecule has 1 N–H and O–H groups in total. The Kier molecular flexibility index (Phi) is 6.34. The maximum absolute atomic E-state index is 13.2. The molecule has 0 bridgehead atoms. The minimum absolute atomic E-state index is 0.177. The van der Waals surface area contributed by atoms with Crippen LogP contribution in [-0.4, -0.2) is 54.3 Å². The molecule has 4 rings (SSSR count). The number of anilines is 1. The van der Waals surface area contributed by atoms with E-state index in [0.29, 0.717) is 42.6 Å². The fraction of sp³-hybridized carbons (Fsp3) is 0.217. The van der Waals surface area contributed by atoms with Crippen LogP contribution in [0, 0.1) is 5.82 Å². The average Bonchev–Trinajstić information content (AvgIpc) is 3.24. The van der Waals surface area contributed by atoms with Gasteiger partial charge in [-0.15, -0.1) is 0 Å². The summed E-state index contributed by atoms with van der Waals surface area (Å²) in [6.07, 6.45) is 0. The molecule has 1 aromatic heterocycles. The number of benzene rings is 2. The lowest BCUT2D eigenvalue weighted by molar-refractivity contribution is -0.117. The number of hydrogen-bond acceptors (Lipinski definition) is 4. The van der Waals surface area contributed by atoms with Crippen molar-refractivity contribution in [3.05, 3.63) is 77.3 Å². The number of amides is 2. The highest BCUT2D eigenvalue weighted by molar-refractivity contribution is 6.30. The summed E-state index contributed by atoms with van der Waals surface area (Å²) in [5.41, 5.74) is 1.27. The smallest absolute Gasteiger partial charge is 0.289 e. The molecule has 1 aliphatic heterocycles. The summed E-state index contributed by atoms with van der Waals surface area (Å²) in [5, 5.41) is 3.32. The molecule has 0 saturated carbocycles. The predicted octanol–water partition coefficient (Wildman–Crippen LogP) is 4.14. The van der Waals surface area contributed by atoms with E-state index in [2.05, 4.69) is 5.32 Å². The predicted molar refractivity (Wildman–Crippen MR) is 117 cm³/mol. The highest BCUT2D eigenvalue weighted by atomic mass is 35.5. The van der Waals surface area contributed by atoms with Crippen molar-refractivity contribution in [3.63, 3.8) is 0 Å². The van der Waals surface area contributed by atoms with E-state index in [1.165, 1.54) is 12.1 Å². The van der Waals surface area contributed by atoms with Gasteiger partial charge in [-0.2, -0.15) is 0 Å². The molecule has 0 unspecified atom stereocenters. The Morgan fingerprint density at radius 1 is 1.00 bits per heavy atom. The minimum atomic E-state index is -0.401. The highest BCUT2D eigenvalue weighted by Gasteiger charge is 2.25. The Bertz CT molecular complexity index is 1080. The number of hydrogen-bond donors (Lipinski definition) is 1. The van der Waals surface area contributed by atoms with E-state index < -0.39 is 5.82 Å². The fourth-order valence-electron chi connectivity index (χ4n) is 3.46. The molecular weight excluding hydrogens is 421 g/mol. The largest absolute Gasteiger partial charge is 0.451 e. The minimum Gasteiger partial charge on any atom is -0.451 e. The third kappa shape index (κ3) is 5.31. The second-order valence-electron chi connectivity index (χ2n) is 7.30. The third-order valence-electron chi connectivity index (χ3n) is 5.08. The highest BCUT2D eigenvalue weighted by Crippen LogP contribution is 2.24. The monoisotopic (exact) mass is 441 g/mol. The standard InChI is InChI=1S/C23H21ClFN3O3/c24-17-6-4-16(5-7-17)20-8-9-21(31-20)23(30)28-12-10-27(11-13-28)15-22(29)26-19-3-1-2-18(25)14-19/h1-9,14H,10-13,15H2,(H,26,29). The molecule has 8 heteroatoms. The van der Waals surface area contributed by atoms with Crippen molar-refractivity contribution in [3.8, 4) is 11.3 Å². The van der Waals surface area contributed by atoms with Crippen LogP contribution in [0.15, 0.2) is 65.1 Å². The van der Waals surface area contributed by atoms with Crippen molar-refractivity contribution in [1.82, 2.24) is 9.80 Å². The van der Waals surface area contributed by atoms with Crippen molar-refractivity contribution >= 4 is 29.1 Å². The van der Waals surface area contributed by atoms with Crippen LogP contribution in [-0.2, 0) is 4.79 Å². The van der Waals surface area contributed by atoms with Gasteiger partial charge in [-0.3, -0.25) is 14.5 Å². The molecule has 2 amide bonds. The van der Waals surface area contributed by atoms with Crippen LogP contribution in [0.5, 0.6) is 0 Å². The zero-order valence-electron chi connectivity index (χ0n) is 16.7. The number of piperazine rings is 1. The molecule has 160 valence electrons. The van der Waals surface area contributed by atoms with Crippen LogP contribution in [0.25, 0.3) is 11.3 Å². The summed E-state index contributed by atoms with van der Waals surface area (Å²) >= 11 is 5.91. The molecule has 1 aliphatic rings. The summed E-state index contributed by atoms with van der Waals surface area (Å²) in [7, 11) is 0. The van der Waals surface area contributed by atoms with Crippen LogP contribution in [0.4, 0.5) is 10.1 Å². The topological polar surface area (TPSA) is 65.8 Å². The molecule has 2 heterocycles. The molecule has 3 aromatic rings. The van der Waals surface area contributed by atoms with Crippen LogP contribution < -0.4 is 5.32 Å². The SMILES string of the molecule is O=C(CN1CCN(C(=O)c2ccc(-c3ccc(Cl)cc3)o2)CC1)Nc1cccc(F)c1. The zero-order valence-corrected chi connectivity index (χ0v) is 17.4. The van der Waals surface area contributed by atoms with Gasteiger partial charge in [0, 0.05) is 42.5 Å². The van der Waals surface area contributed by atoms with Crippen molar-refractivity contribution in [2.24, 2.45) is 0 Å². The number of nitrogens with zero attached hydrogens (tertiary/aromatic N) is 2. The number of carbonyl (C=O) groups excluding carboxylic acids is 2. The number of halogens is 2. The van der Waals surface area contributed by atoms with Crippen LogP contribution in [0.1, 0.15) is 10.6 Å². The molecule has 1 saturated heterocycles. The quantitative estimate of drug-likeness (QED) is 0.646. The van der Waals surface area contributed by atoms with Gasteiger partial charge in [-0.1, -0.05) is 17.7 Å². The van der Waals surface area contributed by atoms with Gasteiger partial charge in [0.05, 0.1) is 6.54 Å². The number of rotatable bonds is 5. The number of nitrogens with one attached hydrogen (secondary N) is 1. The summed E-state index contributed by atoms with van der Waals surface area (Å²) in [6, 6.07) is 16.4. The van der Waals surface area contributed by atoms with E-state index in [0.717, 1.165) is 5.56 Å². The van der Waals surface area contributed by atoms with Gasteiger partial charge < -0.3 is 14.6 Å². The Balaban J connectivity index is 1.29. The van der Waals surface area contributed by atoms with Gasteiger partial charge in [-0.05, 0) is 54.6 Å². The second-order valence-corrected chi connectivity index (χ2v) is 7.73. The summed E-state index contributed by atoms with van der Waals surface area (Å²) in [4.78, 5) is 28.7. The molecule has 6 nitrogen and oxygen atoms in total. The first-order valence-electron chi connectivity index (χ1n) is 9.91. The van der Waals surface area contributed by atoms with Gasteiger partial charge >= 0.3 is 0 Å². The Hall–Kier alpha value is -3.16. The third-order valence-corrected chi connectivity index (χ3v) is 5.33. The first-order chi connectivity index (χ1) is 15.0. The van der Waals surface area contributed by atoms with Crippen molar-refractivity contribution in [1.29, 1.82) is 0 Å². The molecule has 0 radical (unpaired) electrons. The van der Waals surface area contributed by atoms with Crippen molar-refractivity contribution < 1.29 is 18.4 Å². The van der Waals surface area contributed by atoms with Crippen molar-refractivity contribution in [2.75, 3.05) is 38.0 Å². The van der Waals surface area contributed by atoms with Gasteiger partial charge in [0.25, 0.3) is 5.91 Å². The Labute approximate surface area is 184 Å². The first kappa shape index (κ1) is 21.1. The number of furan rings is 1. The van der Waals surface area contributed by atoms with Crippen LogP contribution in [0.2, 0.25) is 5.02 Å². The lowest BCUT2D eigenvalue weighted by Gasteiger charge is -2.33. The van der Waals surface area contributed by atoms with Gasteiger partial charge in [0.1, 0.15) is 11.6 Å². The Morgan fingerprint density at radius 2 is 1.74 bits per heavy atom. The molecule has 0 spiro atoms. The van der Waals surface area contributed by atoms with E-state index >= 15 is 0 Å². The lowest BCUT2D eigenvalue weighted by atomic mass is 10.2. The summed E-state index contributed by atoms with van der Waals surface area (Å²) in [6.45, 7) is 2.28. The van der Waals surface area contributed by atoms with E-state index in [-0.39, 0.29) is 24.1 Å². The zero-order chi connectivity index (χ0) is 21.8. The maximum atomic E-state index is 13.2. The van der Waals surface area contributed by atoms with E-state index in [9.17, 15) is 14.0 Å². The lowest BCUT2D eigenvalue weighted by Crippen LogP contribution is -2.50. The number of carbonyl (C=O) groups is 2. The second kappa shape index (κ2) is 9.32. The fourth-order valence-corrected chi connectivity index (χ4v) is 3.58. The van der Waals surface area contributed by atoms with Crippen LogP contribution >= 0.6 is 11.6 Å². The molecule has 1 fully saturated rings. The maximum Gasteiger partial charge on any atom is 0.289 e. The van der Waals surface area contributed by atoms with E-state index in [1.54, 1.807) is 41.3 Å². The Morgan fingerprint density at radius 3 is 2.45 bits per heavy atom. The van der Waals surface area contributed by atoms with Crippen molar-refractivity contribution in [2.45, 2.75) is 0 Å². The van der Waals surface area contributed by atoms with Gasteiger partial charge in [0.15, 0.2) is 5.76 Å². The summed E-state index contributed by atoms with van der Waals surface area (Å²) < 4.78 is 19.0. The van der Waals surface area contributed by atoms with Gasteiger partial charge in [-0.25, -0.2) is 4.39 Å². The van der Waals surface area contributed by atoms with Crippen LogP contribution in [0.3, 0.4) is 0 Å².